The lowest BCUT2D eigenvalue weighted by Crippen LogP contribution is -2.38. The minimum atomic E-state index is -0.328. The number of anilines is 1. The minimum absolute atomic E-state index is 0.115. The zero-order chi connectivity index (χ0) is 18.4. The van der Waals surface area contributed by atoms with Crippen LogP contribution in [-0.2, 0) is 6.42 Å². The highest BCUT2D eigenvalue weighted by molar-refractivity contribution is 7.17. The number of benzene rings is 1. The summed E-state index contributed by atoms with van der Waals surface area (Å²) in [5, 5.41) is 15.4. The second kappa shape index (κ2) is 8.55. The van der Waals surface area contributed by atoms with Gasteiger partial charge in [-0.2, -0.15) is 0 Å². The molecule has 0 fully saturated rings. The number of nitrogens with zero attached hydrogens (tertiary/aromatic N) is 2. The first kappa shape index (κ1) is 18.0. The van der Waals surface area contributed by atoms with Crippen molar-refractivity contribution in [1.82, 2.24) is 15.3 Å². The molecule has 1 atom stereocenters. The summed E-state index contributed by atoms with van der Waals surface area (Å²) in [5.41, 5.74) is 1.83. The van der Waals surface area contributed by atoms with E-state index in [1.165, 1.54) is 11.3 Å². The van der Waals surface area contributed by atoms with Gasteiger partial charge in [0, 0.05) is 13.2 Å². The molecule has 3 rings (SSSR count). The molecular weight excluding hydrogens is 348 g/mol. The van der Waals surface area contributed by atoms with Crippen LogP contribution in [0, 0.1) is 0 Å². The number of carbonyl (C=O) groups is 1. The molecule has 3 N–H and O–H groups in total. The van der Waals surface area contributed by atoms with Crippen LogP contribution < -0.4 is 10.6 Å². The van der Waals surface area contributed by atoms with Gasteiger partial charge in [0.25, 0.3) is 5.91 Å². The molecule has 0 unspecified atom stereocenters. The predicted octanol–water partition coefficient (Wildman–Crippen LogP) is 2.58. The Morgan fingerprint density at radius 1 is 1.19 bits per heavy atom. The molecule has 3 aromatic rings. The summed E-state index contributed by atoms with van der Waals surface area (Å²) >= 11 is 1.36. The molecule has 26 heavy (non-hydrogen) atoms. The average molecular weight is 368 g/mol. The van der Waals surface area contributed by atoms with Gasteiger partial charge in [-0.3, -0.25) is 4.79 Å². The number of carbonyl (C=O) groups excluding carboxylic acids is 1. The van der Waals surface area contributed by atoms with Crippen molar-refractivity contribution in [2.75, 3.05) is 19.0 Å². The number of aliphatic hydroxyl groups excluding tert-OH is 1. The standard InChI is InChI=1S/C19H20N4O2S/c1-20-19-21-10-9-15(23-19)16-7-8-17(26-16)18(25)22-14(12-24)11-13-5-3-2-4-6-13/h2-10,14,24H,11-12H2,1H3,(H,22,25)(H,20,21,23)/t14-/m0/s1. The van der Waals surface area contributed by atoms with E-state index in [0.717, 1.165) is 16.1 Å². The number of aliphatic hydroxyl groups is 1. The quantitative estimate of drug-likeness (QED) is 0.597. The molecule has 0 aliphatic carbocycles. The van der Waals surface area contributed by atoms with Gasteiger partial charge >= 0.3 is 0 Å². The van der Waals surface area contributed by atoms with Crippen molar-refractivity contribution in [2.45, 2.75) is 12.5 Å². The summed E-state index contributed by atoms with van der Waals surface area (Å²) in [4.78, 5) is 22.5. The lowest BCUT2D eigenvalue weighted by molar-refractivity contribution is 0.0920. The lowest BCUT2D eigenvalue weighted by atomic mass is 10.1. The zero-order valence-corrected chi connectivity index (χ0v) is 15.2. The van der Waals surface area contributed by atoms with Crippen LogP contribution >= 0.6 is 11.3 Å². The van der Waals surface area contributed by atoms with Crippen LogP contribution in [0.4, 0.5) is 5.95 Å². The topological polar surface area (TPSA) is 87.1 Å². The van der Waals surface area contributed by atoms with Gasteiger partial charge < -0.3 is 15.7 Å². The van der Waals surface area contributed by atoms with Gasteiger partial charge in [-0.1, -0.05) is 30.3 Å². The Kier molecular flexibility index (Phi) is 5.93. The van der Waals surface area contributed by atoms with Crippen molar-refractivity contribution in [3.63, 3.8) is 0 Å². The monoisotopic (exact) mass is 368 g/mol. The minimum Gasteiger partial charge on any atom is -0.394 e. The highest BCUT2D eigenvalue weighted by Gasteiger charge is 2.16. The summed E-state index contributed by atoms with van der Waals surface area (Å²) in [6.07, 6.45) is 2.26. The van der Waals surface area contributed by atoms with Gasteiger partial charge in [-0.15, -0.1) is 11.3 Å². The van der Waals surface area contributed by atoms with E-state index in [1.807, 2.05) is 36.4 Å². The molecule has 0 radical (unpaired) electrons. The van der Waals surface area contributed by atoms with Crippen LogP contribution in [0.2, 0.25) is 0 Å². The molecule has 1 aromatic carbocycles. The Hall–Kier alpha value is -2.77. The fourth-order valence-electron chi connectivity index (χ4n) is 2.53. The van der Waals surface area contributed by atoms with Gasteiger partial charge in [-0.05, 0) is 30.2 Å². The van der Waals surface area contributed by atoms with Crippen molar-refractivity contribution >= 4 is 23.2 Å². The largest absolute Gasteiger partial charge is 0.394 e. The summed E-state index contributed by atoms with van der Waals surface area (Å²) < 4.78 is 0. The number of aromatic nitrogens is 2. The molecule has 0 spiro atoms. The number of amides is 1. The Morgan fingerprint density at radius 2 is 2.00 bits per heavy atom. The van der Waals surface area contributed by atoms with Gasteiger partial charge in [0.2, 0.25) is 5.95 Å². The third-order valence-electron chi connectivity index (χ3n) is 3.84. The summed E-state index contributed by atoms with van der Waals surface area (Å²) in [6.45, 7) is -0.115. The molecule has 2 heterocycles. The number of rotatable bonds is 7. The van der Waals surface area contributed by atoms with E-state index in [9.17, 15) is 9.90 Å². The number of hydrogen-bond acceptors (Lipinski definition) is 6. The maximum Gasteiger partial charge on any atom is 0.261 e. The van der Waals surface area contributed by atoms with Gasteiger partial charge in [-0.25, -0.2) is 9.97 Å². The first-order valence-electron chi connectivity index (χ1n) is 8.26. The zero-order valence-electron chi connectivity index (χ0n) is 14.3. The van der Waals surface area contributed by atoms with E-state index in [0.29, 0.717) is 17.2 Å². The van der Waals surface area contributed by atoms with Crippen LogP contribution in [0.3, 0.4) is 0 Å². The Morgan fingerprint density at radius 3 is 2.73 bits per heavy atom. The van der Waals surface area contributed by atoms with E-state index in [1.54, 1.807) is 25.4 Å². The van der Waals surface area contributed by atoms with Crippen LogP contribution in [0.25, 0.3) is 10.6 Å². The van der Waals surface area contributed by atoms with Crippen LogP contribution in [0.15, 0.2) is 54.7 Å². The van der Waals surface area contributed by atoms with E-state index >= 15 is 0 Å². The fraction of sp³-hybridized carbons (Fsp3) is 0.211. The highest BCUT2D eigenvalue weighted by Crippen LogP contribution is 2.27. The van der Waals surface area contributed by atoms with E-state index in [4.69, 9.17) is 0 Å². The van der Waals surface area contributed by atoms with Gasteiger partial charge in [0.05, 0.1) is 28.1 Å². The molecule has 0 saturated heterocycles. The highest BCUT2D eigenvalue weighted by atomic mass is 32.1. The molecule has 2 aromatic heterocycles. The molecule has 0 saturated carbocycles. The van der Waals surface area contributed by atoms with Crippen molar-refractivity contribution in [3.05, 3.63) is 65.2 Å². The second-order valence-electron chi connectivity index (χ2n) is 5.72. The first-order chi connectivity index (χ1) is 12.7. The summed E-state index contributed by atoms with van der Waals surface area (Å²) in [5.74, 6) is 0.337. The van der Waals surface area contributed by atoms with Gasteiger partial charge in [0.1, 0.15) is 0 Å². The lowest BCUT2D eigenvalue weighted by Gasteiger charge is -2.15. The molecule has 7 heteroatoms. The molecule has 0 aliphatic rings. The SMILES string of the molecule is CNc1nccc(-c2ccc(C(=O)N[C@H](CO)Cc3ccccc3)s2)n1. The Balaban J connectivity index is 1.69. The fourth-order valence-corrected chi connectivity index (χ4v) is 3.41. The summed E-state index contributed by atoms with van der Waals surface area (Å²) in [6, 6.07) is 14.9. The van der Waals surface area contributed by atoms with Crippen LogP contribution in [0.5, 0.6) is 0 Å². The maximum absolute atomic E-state index is 12.5. The molecule has 0 aliphatic heterocycles. The average Bonchev–Trinajstić information content (AvgIpc) is 3.18. The third-order valence-corrected chi connectivity index (χ3v) is 4.95. The van der Waals surface area contributed by atoms with Crippen molar-refractivity contribution in [1.29, 1.82) is 0 Å². The Labute approximate surface area is 156 Å². The third kappa shape index (κ3) is 4.44. The van der Waals surface area contributed by atoms with Crippen LogP contribution in [-0.4, -0.2) is 40.7 Å². The second-order valence-corrected chi connectivity index (χ2v) is 6.81. The molecular formula is C19H20N4O2S. The van der Waals surface area contributed by atoms with E-state index in [2.05, 4.69) is 20.6 Å². The smallest absolute Gasteiger partial charge is 0.261 e. The molecule has 1 amide bonds. The van der Waals surface area contributed by atoms with Crippen molar-refractivity contribution in [3.8, 4) is 10.6 Å². The van der Waals surface area contributed by atoms with Crippen molar-refractivity contribution in [2.24, 2.45) is 0 Å². The normalized spacial score (nSPS) is 11.8. The van der Waals surface area contributed by atoms with E-state index in [-0.39, 0.29) is 18.6 Å². The number of thiophene rings is 1. The maximum atomic E-state index is 12.5. The van der Waals surface area contributed by atoms with Gasteiger partial charge in [0.15, 0.2) is 0 Å². The number of nitrogens with one attached hydrogen (secondary N) is 2. The molecule has 134 valence electrons. The van der Waals surface area contributed by atoms with E-state index < -0.39 is 0 Å². The molecule has 0 bridgehead atoms. The van der Waals surface area contributed by atoms with Crippen LogP contribution in [0.1, 0.15) is 15.2 Å². The summed E-state index contributed by atoms with van der Waals surface area (Å²) in [7, 11) is 1.76. The predicted molar refractivity (Wildman–Crippen MR) is 103 cm³/mol. The number of hydrogen-bond donors (Lipinski definition) is 3. The Bertz CT molecular complexity index is 867. The first-order valence-corrected chi connectivity index (χ1v) is 9.08. The van der Waals surface area contributed by atoms with Crippen molar-refractivity contribution < 1.29 is 9.90 Å². The molecule has 6 nitrogen and oxygen atoms in total.